The Bertz CT molecular complexity index is 291. The van der Waals surface area contributed by atoms with Gasteiger partial charge in [0, 0.05) is 0 Å². The molecule has 2 nitrogen and oxygen atoms in total. The molecule has 2 rings (SSSR count). The molecular weight excluding hydrogens is 126 g/mol. The summed E-state index contributed by atoms with van der Waals surface area (Å²) in [6, 6.07) is 7.53. The van der Waals surface area contributed by atoms with Crippen LogP contribution < -0.4 is 5.11 Å². The normalized spacial score (nSPS) is 14.6. The highest BCUT2D eigenvalue weighted by molar-refractivity contribution is 5.94. The van der Waals surface area contributed by atoms with Gasteiger partial charge in [0.2, 0.25) is 0 Å². The summed E-state index contributed by atoms with van der Waals surface area (Å²) in [6.07, 6.45) is 0. The SMILES string of the molecule is [O-]C1=NCc2ccccc21. The Kier molecular flexibility index (Phi) is 1.01. The Labute approximate surface area is 58.8 Å². The first kappa shape index (κ1) is 5.47. The molecule has 1 aliphatic rings. The monoisotopic (exact) mass is 132 g/mol. The molecule has 0 saturated carbocycles. The fourth-order valence-electron chi connectivity index (χ4n) is 1.11. The van der Waals surface area contributed by atoms with Crippen LogP contribution in [-0.2, 0) is 6.54 Å². The lowest BCUT2D eigenvalue weighted by atomic mass is 10.1. The van der Waals surface area contributed by atoms with Crippen LogP contribution in [0, 0.1) is 0 Å². The van der Waals surface area contributed by atoms with Gasteiger partial charge in [0.1, 0.15) is 0 Å². The first-order valence-electron chi connectivity index (χ1n) is 3.17. The lowest BCUT2D eigenvalue weighted by Gasteiger charge is -2.04. The molecule has 50 valence electrons. The summed E-state index contributed by atoms with van der Waals surface area (Å²) >= 11 is 0. The van der Waals surface area contributed by atoms with E-state index in [1.165, 1.54) is 0 Å². The van der Waals surface area contributed by atoms with Gasteiger partial charge in [-0.25, -0.2) is 0 Å². The first-order chi connectivity index (χ1) is 4.88. The van der Waals surface area contributed by atoms with Crippen molar-refractivity contribution in [2.24, 2.45) is 4.99 Å². The molecule has 0 aromatic heterocycles. The Morgan fingerprint density at radius 3 is 2.90 bits per heavy atom. The zero-order valence-electron chi connectivity index (χ0n) is 5.37. The predicted octanol–water partition coefficient (Wildman–Crippen LogP) is 0.307. The second-order valence-corrected chi connectivity index (χ2v) is 2.28. The smallest absolute Gasteiger partial charge is 0.0638 e. The number of benzene rings is 1. The molecule has 1 heterocycles. The average Bonchev–Trinajstić information content (AvgIpc) is 2.34. The molecule has 10 heavy (non-hydrogen) atoms. The van der Waals surface area contributed by atoms with Gasteiger partial charge in [-0.05, 0) is 17.0 Å². The van der Waals surface area contributed by atoms with Crippen molar-refractivity contribution in [1.29, 1.82) is 0 Å². The Morgan fingerprint density at radius 2 is 2.10 bits per heavy atom. The minimum Gasteiger partial charge on any atom is -0.858 e. The molecule has 1 aromatic carbocycles. The lowest BCUT2D eigenvalue weighted by molar-refractivity contribution is -0.212. The van der Waals surface area contributed by atoms with Crippen molar-refractivity contribution in [3.8, 4) is 0 Å². The molecule has 0 bridgehead atoms. The van der Waals surface area contributed by atoms with Crippen LogP contribution in [-0.4, -0.2) is 5.90 Å². The fraction of sp³-hybridized carbons (Fsp3) is 0.125. The minimum atomic E-state index is -0.0735. The Balaban J connectivity index is 2.61. The van der Waals surface area contributed by atoms with Gasteiger partial charge in [-0.2, -0.15) is 0 Å². The summed E-state index contributed by atoms with van der Waals surface area (Å²) < 4.78 is 0. The van der Waals surface area contributed by atoms with Crippen molar-refractivity contribution in [2.45, 2.75) is 6.54 Å². The van der Waals surface area contributed by atoms with Crippen LogP contribution in [0.4, 0.5) is 0 Å². The van der Waals surface area contributed by atoms with Crippen molar-refractivity contribution in [3.63, 3.8) is 0 Å². The summed E-state index contributed by atoms with van der Waals surface area (Å²) in [5, 5.41) is 10.9. The molecule has 0 N–H and O–H groups in total. The van der Waals surface area contributed by atoms with Gasteiger partial charge >= 0.3 is 0 Å². The van der Waals surface area contributed by atoms with E-state index < -0.39 is 0 Å². The van der Waals surface area contributed by atoms with Crippen molar-refractivity contribution in [3.05, 3.63) is 35.4 Å². The second-order valence-electron chi connectivity index (χ2n) is 2.28. The van der Waals surface area contributed by atoms with E-state index in [1.54, 1.807) is 0 Å². The molecule has 0 spiro atoms. The fourth-order valence-corrected chi connectivity index (χ4v) is 1.11. The highest BCUT2D eigenvalue weighted by Gasteiger charge is 2.05. The molecule has 0 saturated heterocycles. The first-order valence-corrected chi connectivity index (χ1v) is 3.17. The van der Waals surface area contributed by atoms with E-state index in [1.807, 2.05) is 24.3 Å². The van der Waals surface area contributed by atoms with Crippen LogP contribution in [0.15, 0.2) is 29.3 Å². The van der Waals surface area contributed by atoms with Crippen LogP contribution in [0.3, 0.4) is 0 Å². The van der Waals surface area contributed by atoms with Crippen molar-refractivity contribution in [1.82, 2.24) is 0 Å². The Hall–Kier alpha value is -1.31. The number of fused-ring (bicyclic) bond motifs is 1. The maximum Gasteiger partial charge on any atom is 0.0638 e. The predicted molar refractivity (Wildman–Crippen MR) is 36.7 cm³/mol. The standard InChI is InChI=1S/C8H7NO/c10-8-7-4-2-1-3-6(7)5-9-8/h1-4H,5H2,(H,9,10)/p-1. The maximum atomic E-state index is 10.9. The summed E-state index contributed by atoms with van der Waals surface area (Å²) in [4.78, 5) is 3.77. The quantitative estimate of drug-likeness (QED) is 0.500. The van der Waals surface area contributed by atoms with Crippen LogP contribution in [0.25, 0.3) is 0 Å². The van der Waals surface area contributed by atoms with E-state index in [0.29, 0.717) is 6.54 Å². The van der Waals surface area contributed by atoms with E-state index >= 15 is 0 Å². The van der Waals surface area contributed by atoms with Crippen LogP contribution >= 0.6 is 0 Å². The van der Waals surface area contributed by atoms with Crippen molar-refractivity contribution in [2.75, 3.05) is 0 Å². The third-order valence-corrected chi connectivity index (χ3v) is 1.64. The molecule has 0 fully saturated rings. The van der Waals surface area contributed by atoms with E-state index in [2.05, 4.69) is 4.99 Å². The molecule has 2 heteroatoms. The van der Waals surface area contributed by atoms with E-state index in [9.17, 15) is 5.11 Å². The van der Waals surface area contributed by atoms with Crippen LogP contribution in [0.5, 0.6) is 0 Å². The van der Waals surface area contributed by atoms with Gasteiger partial charge < -0.3 is 5.11 Å². The van der Waals surface area contributed by atoms with Gasteiger partial charge in [-0.3, -0.25) is 4.99 Å². The summed E-state index contributed by atoms with van der Waals surface area (Å²) in [5.74, 6) is -0.0735. The van der Waals surface area contributed by atoms with Gasteiger partial charge in [0.15, 0.2) is 0 Å². The molecule has 0 atom stereocenters. The third kappa shape index (κ3) is 0.620. The number of aliphatic imine (C=N–C) groups is 1. The van der Waals surface area contributed by atoms with Gasteiger partial charge in [-0.15, -0.1) is 0 Å². The molecule has 0 aliphatic carbocycles. The highest BCUT2D eigenvalue weighted by Crippen LogP contribution is 2.14. The third-order valence-electron chi connectivity index (χ3n) is 1.64. The second kappa shape index (κ2) is 1.84. The number of hydrogen-bond acceptors (Lipinski definition) is 2. The van der Waals surface area contributed by atoms with E-state index in [-0.39, 0.29) is 5.90 Å². The largest absolute Gasteiger partial charge is 0.858 e. The number of rotatable bonds is 0. The van der Waals surface area contributed by atoms with Gasteiger partial charge in [0.25, 0.3) is 0 Å². The average molecular weight is 132 g/mol. The number of hydrogen-bond donors (Lipinski definition) is 0. The summed E-state index contributed by atoms with van der Waals surface area (Å²) in [5.41, 5.74) is 1.81. The van der Waals surface area contributed by atoms with E-state index in [0.717, 1.165) is 11.1 Å². The summed E-state index contributed by atoms with van der Waals surface area (Å²) in [6.45, 7) is 0.564. The van der Waals surface area contributed by atoms with Crippen molar-refractivity contribution < 1.29 is 5.11 Å². The molecule has 0 radical (unpaired) electrons. The van der Waals surface area contributed by atoms with Crippen LogP contribution in [0.1, 0.15) is 11.1 Å². The topological polar surface area (TPSA) is 35.4 Å². The molecule has 1 aromatic rings. The minimum absolute atomic E-state index is 0.0735. The molecule has 1 aliphatic heterocycles. The Morgan fingerprint density at radius 1 is 1.30 bits per heavy atom. The molecule has 0 amide bonds. The van der Waals surface area contributed by atoms with E-state index in [4.69, 9.17) is 0 Å². The molecular formula is C8H6NO-. The zero-order chi connectivity index (χ0) is 6.97. The maximum absolute atomic E-state index is 10.9. The van der Waals surface area contributed by atoms with Gasteiger partial charge in [-0.1, -0.05) is 24.3 Å². The van der Waals surface area contributed by atoms with Gasteiger partial charge in [0.05, 0.1) is 6.54 Å². The summed E-state index contributed by atoms with van der Waals surface area (Å²) in [7, 11) is 0. The van der Waals surface area contributed by atoms with Crippen LogP contribution in [0.2, 0.25) is 0 Å². The van der Waals surface area contributed by atoms with Crippen molar-refractivity contribution >= 4 is 5.90 Å². The highest BCUT2D eigenvalue weighted by atomic mass is 16.3. The molecule has 0 unspecified atom stereocenters. The lowest BCUT2D eigenvalue weighted by Crippen LogP contribution is -2.15. The zero-order valence-corrected chi connectivity index (χ0v) is 5.37. The number of nitrogens with zero attached hydrogens (tertiary/aromatic N) is 1.